The molecule has 1 N–H and O–H groups in total. The van der Waals surface area contributed by atoms with E-state index in [9.17, 15) is 36.5 Å². The van der Waals surface area contributed by atoms with Crippen LogP contribution in [0, 0.1) is 10.1 Å². The van der Waals surface area contributed by atoms with Gasteiger partial charge in [-0.15, -0.1) is 0 Å². The lowest BCUT2D eigenvalue weighted by Gasteiger charge is -2.14. The standard InChI is InChI=1S/C21H13F3N2O2.C21H13F3N2/c22-21(23,24)17-6-2-4-8-20(17)25-12-11-15-13-14(9-10-18(15)25)16-5-1-3-7-19(16)26(27)28;22-21(23,24)16-6-2-4-8-19(16)26-12-11-15-18(26)10-9-14-13-5-1-3-7-17(13)25-20(14)15/h1-13H;1-12,25H. The average Bonchev–Trinajstić information content (AvgIpc) is 3.89. The molecule has 0 unspecified atom stereocenters. The third-order valence-corrected chi connectivity index (χ3v) is 9.39. The van der Waals surface area contributed by atoms with E-state index in [-0.39, 0.29) is 17.1 Å². The average molecular weight is 733 g/mol. The number of nitrogens with zero attached hydrogens (tertiary/aromatic N) is 3. The summed E-state index contributed by atoms with van der Waals surface area (Å²) in [4.78, 5) is 14.2. The maximum absolute atomic E-state index is 13.4. The molecule has 0 aliphatic heterocycles. The second-order valence-electron chi connectivity index (χ2n) is 12.5. The van der Waals surface area contributed by atoms with Gasteiger partial charge >= 0.3 is 12.4 Å². The Morgan fingerprint density at radius 2 is 1.13 bits per heavy atom. The lowest BCUT2D eigenvalue weighted by Crippen LogP contribution is -2.10. The summed E-state index contributed by atoms with van der Waals surface area (Å²) in [6.45, 7) is 0. The third-order valence-electron chi connectivity index (χ3n) is 9.39. The van der Waals surface area contributed by atoms with Crippen LogP contribution < -0.4 is 0 Å². The number of alkyl halides is 6. The van der Waals surface area contributed by atoms with Crippen molar-refractivity contribution in [2.24, 2.45) is 0 Å². The summed E-state index contributed by atoms with van der Waals surface area (Å²) in [5, 5.41) is 15.0. The molecule has 268 valence electrons. The fourth-order valence-corrected chi connectivity index (χ4v) is 6.99. The molecule has 0 saturated carbocycles. The van der Waals surface area contributed by atoms with Crippen molar-refractivity contribution in [2.75, 3.05) is 0 Å². The van der Waals surface area contributed by atoms with Gasteiger partial charge in [0.25, 0.3) is 5.69 Å². The second-order valence-corrected chi connectivity index (χ2v) is 12.5. The number of halogens is 6. The first kappa shape index (κ1) is 34.3. The highest BCUT2D eigenvalue weighted by Gasteiger charge is 2.35. The van der Waals surface area contributed by atoms with Crippen molar-refractivity contribution in [1.82, 2.24) is 14.1 Å². The molecule has 0 amide bonds. The quantitative estimate of drug-likeness (QED) is 0.111. The Morgan fingerprint density at radius 3 is 1.81 bits per heavy atom. The number of para-hydroxylation sites is 4. The molecule has 0 bridgehead atoms. The molecular weight excluding hydrogens is 706 g/mol. The second kappa shape index (κ2) is 13.0. The number of H-pyrrole nitrogens is 1. The molecular formula is C42H26F6N4O2. The Labute approximate surface area is 302 Å². The van der Waals surface area contributed by atoms with Gasteiger partial charge in [-0.25, -0.2) is 0 Å². The fourth-order valence-electron chi connectivity index (χ4n) is 6.99. The summed E-state index contributed by atoms with van der Waals surface area (Å²) in [5.74, 6) is 0. The number of benzene rings is 6. The smallest absolute Gasteiger partial charge is 0.354 e. The van der Waals surface area contributed by atoms with E-state index in [1.165, 1.54) is 34.9 Å². The minimum Gasteiger partial charge on any atom is -0.354 e. The van der Waals surface area contributed by atoms with Crippen LogP contribution in [0.4, 0.5) is 32.0 Å². The Morgan fingerprint density at radius 1 is 0.556 bits per heavy atom. The maximum atomic E-state index is 13.4. The van der Waals surface area contributed by atoms with Crippen molar-refractivity contribution in [3.8, 4) is 22.5 Å². The van der Waals surface area contributed by atoms with E-state index in [4.69, 9.17) is 0 Å². The van der Waals surface area contributed by atoms with Gasteiger partial charge in [0.15, 0.2) is 0 Å². The van der Waals surface area contributed by atoms with Gasteiger partial charge in [-0.05, 0) is 72.3 Å². The summed E-state index contributed by atoms with van der Waals surface area (Å²) in [7, 11) is 0. The van der Waals surface area contributed by atoms with Crippen molar-refractivity contribution >= 4 is 49.3 Å². The molecule has 0 aliphatic rings. The summed E-state index contributed by atoms with van der Waals surface area (Å²) in [6, 6.07) is 37.8. The predicted molar refractivity (Wildman–Crippen MR) is 198 cm³/mol. The van der Waals surface area contributed by atoms with Crippen molar-refractivity contribution < 1.29 is 31.3 Å². The van der Waals surface area contributed by atoms with E-state index in [0.717, 1.165) is 44.8 Å². The van der Waals surface area contributed by atoms with Gasteiger partial charge in [0.05, 0.1) is 49.5 Å². The van der Waals surface area contributed by atoms with Crippen LogP contribution in [0.25, 0.3) is 66.1 Å². The molecule has 0 spiro atoms. The first-order valence-electron chi connectivity index (χ1n) is 16.6. The zero-order chi connectivity index (χ0) is 37.8. The maximum Gasteiger partial charge on any atom is 0.418 e. The molecule has 6 nitrogen and oxygen atoms in total. The summed E-state index contributed by atoms with van der Waals surface area (Å²) in [5.41, 5.74) is 3.12. The van der Waals surface area contributed by atoms with E-state index in [0.29, 0.717) is 22.0 Å². The molecule has 0 radical (unpaired) electrons. The van der Waals surface area contributed by atoms with Crippen LogP contribution in [0.15, 0.2) is 152 Å². The number of rotatable bonds is 4. The van der Waals surface area contributed by atoms with Crippen LogP contribution in [-0.4, -0.2) is 19.0 Å². The van der Waals surface area contributed by atoms with E-state index >= 15 is 0 Å². The number of fused-ring (bicyclic) bond motifs is 6. The zero-order valence-electron chi connectivity index (χ0n) is 27.9. The molecule has 0 fully saturated rings. The molecule has 0 atom stereocenters. The Hall–Kier alpha value is -6.82. The normalized spacial score (nSPS) is 12.0. The zero-order valence-corrected chi connectivity index (χ0v) is 27.9. The Bertz CT molecular complexity index is 2860. The van der Waals surface area contributed by atoms with Gasteiger partial charge in [-0.1, -0.05) is 66.7 Å². The molecule has 6 aromatic carbocycles. The van der Waals surface area contributed by atoms with Crippen LogP contribution in [0.5, 0.6) is 0 Å². The topological polar surface area (TPSA) is 68.8 Å². The van der Waals surface area contributed by atoms with Crippen molar-refractivity contribution in [1.29, 1.82) is 0 Å². The molecule has 54 heavy (non-hydrogen) atoms. The third kappa shape index (κ3) is 6.01. The lowest BCUT2D eigenvalue weighted by molar-refractivity contribution is -0.384. The highest BCUT2D eigenvalue weighted by Crippen LogP contribution is 2.39. The van der Waals surface area contributed by atoms with Crippen LogP contribution in [-0.2, 0) is 12.4 Å². The first-order valence-corrected chi connectivity index (χ1v) is 16.6. The van der Waals surface area contributed by atoms with Crippen LogP contribution in [0.2, 0.25) is 0 Å². The number of aromatic amines is 1. The van der Waals surface area contributed by atoms with Gasteiger partial charge in [0, 0.05) is 45.5 Å². The molecule has 3 heterocycles. The molecule has 0 aliphatic carbocycles. The number of hydrogen-bond donors (Lipinski definition) is 1. The number of nitro benzene ring substituents is 1. The monoisotopic (exact) mass is 732 g/mol. The van der Waals surface area contributed by atoms with Gasteiger partial charge in [0.1, 0.15) is 0 Å². The van der Waals surface area contributed by atoms with Gasteiger partial charge in [-0.2, -0.15) is 26.3 Å². The molecule has 3 aromatic heterocycles. The molecule has 12 heteroatoms. The Balaban J connectivity index is 0.000000153. The molecule has 9 aromatic rings. The highest BCUT2D eigenvalue weighted by molar-refractivity contribution is 6.16. The summed E-state index contributed by atoms with van der Waals surface area (Å²) >= 11 is 0. The van der Waals surface area contributed by atoms with Gasteiger partial charge in [0.2, 0.25) is 0 Å². The number of hydrogen-bond acceptors (Lipinski definition) is 2. The number of nitro groups is 1. The van der Waals surface area contributed by atoms with Gasteiger partial charge < -0.3 is 14.1 Å². The van der Waals surface area contributed by atoms with Crippen LogP contribution in [0.1, 0.15) is 11.1 Å². The van der Waals surface area contributed by atoms with E-state index in [1.54, 1.807) is 71.6 Å². The number of nitrogens with one attached hydrogen (secondary N) is 1. The lowest BCUT2D eigenvalue weighted by atomic mass is 10.0. The van der Waals surface area contributed by atoms with Crippen LogP contribution in [0.3, 0.4) is 0 Å². The van der Waals surface area contributed by atoms with Crippen molar-refractivity contribution in [2.45, 2.75) is 12.4 Å². The highest BCUT2D eigenvalue weighted by atomic mass is 19.4. The Kier molecular flexibility index (Phi) is 8.25. The van der Waals surface area contributed by atoms with E-state index in [2.05, 4.69) is 4.98 Å². The largest absolute Gasteiger partial charge is 0.418 e. The predicted octanol–water partition coefficient (Wildman–Crippen LogP) is 12.5. The van der Waals surface area contributed by atoms with E-state index < -0.39 is 28.4 Å². The van der Waals surface area contributed by atoms with Crippen molar-refractivity contribution in [3.63, 3.8) is 0 Å². The minimum absolute atomic E-state index is 0.0244. The van der Waals surface area contributed by atoms with Crippen molar-refractivity contribution in [3.05, 3.63) is 173 Å². The first-order chi connectivity index (χ1) is 25.9. The number of aromatic nitrogens is 3. The fraction of sp³-hybridized carbons (Fsp3) is 0.0476. The summed E-state index contributed by atoms with van der Waals surface area (Å²) in [6.07, 6.45) is -5.62. The molecule has 9 rings (SSSR count). The summed E-state index contributed by atoms with van der Waals surface area (Å²) < 4.78 is 83.4. The van der Waals surface area contributed by atoms with Gasteiger partial charge in [-0.3, -0.25) is 10.1 Å². The van der Waals surface area contributed by atoms with Crippen LogP contribution >= 0.6 is 0 Å². The SMILES string of the molecule is FC(F)(F)c1ccccc1-n1ccc2c3[nH]c4ccccc4c3ccc21.O=[N+]([O-])c1ccccc1-c1ccc2c(ccn2-c2ccccc2C(F)(F)F)c1. The molecule has 0 saturated heterocycles. The minimum atomic E-state index is -4.47. The van der Waals surface area contributed by atoms with E-state index in [1.807, 2.05) is 42.5 Å².